The average Bonchev–Trinajstić information content (AvgIpc) is 3.06. The molecular formula is C20H20Cl3NO. The van der Waals surface area contributed by atoms with Gasteiger partial charge in [-0.25, -0.2) is 0 Å². The van der Waals surface area contributed by atoms with E-state index in [9.17, 15) is 4.79 Å². The molecule has 3 rings (SSSR count). The summed E-state index contributed by atoms with van der Waals surface area (Å²) < 4.78 is 0. The molecule has 0 aromatic heterocycles. The third-order valence-electron chi connectivity index (χ3n) is 4.97. The van der Waals surface area contributed by atoms with Crippen molar-refractivity contribution in [3.8, 4) is 0 Å². The summed E-state index contributed by atoms with van der Waals surface area (Å²) in [6.07, 6.45) is 0.948. The van der Waals surface area contributed by atoms with Crippen LogP contribution in [0.15, 0.2) is 42.5 Å². The number of benzene rings is 2. The zero-order chi connectivity index (χ0) is 18.2. The lowest BCUT2D eigenvalue weighted by Crippen LogP contribution is -2.42. The molecular weight excluding hydrogens is 377 g/mol. The Labute approximate surface area is 163 Å². The van der Waals surface area contributed by atoms with Crippen LogP contribution in [-0.4, -0.2) is 23.9 Å². The van der Waals surface area contributed by atoms with Gasteiger partial charge >= 0.3 is 0 Å². The zero-order valence-corrected chi connectivity index (χ0v) is 16.5. The fourth-order valence-electron chi connectivity index (χ4n) is 3.38. The van der Waals surface area contributed by atoms with Crippen LogP contribution in [0.25, 0.3) is 0 Å². The molecule has 1 unspecified atom stereocenters. The number of hydrogen-bond donors (Lipinski definition) is 0. The number of likely N-dealkylation sites (tertiary alicyclic amines) is 1. The highest BCUT2D eigenvalue weighted by atomic mass is 35.5. The molecule has 132 valence electrons. The Kier molecular flexibility index (Phi) is 5.34. The molecule has 0 N–H and O–H groups in total. The second-order valence-corrected chi connectivity index (χ2v) is 8.30. The van der Waals surface area contributed by atoms with E-state index in [4.69, 9.17) is 34.8 Å². The lowest BCUT2D eigenvalue weighted by molar-refractivity contribution is -0.135. The Morgan fingerprint density at radius 1 is 1.08 bits per heavy atom. The van der Waals surface area contributed by atoms with Gasteiger partial charge < -0.3 is 4.90 Å². The minimum Gasteiger partial charge on any atom is -0.341 e. The average molecular weight is 397 g/mol. The third kappa shape index (κ3) is 3.81. The van der Waals surface area contributed by atoms with Gasteiger partial charge in [-0.2, -0.15) is 0 Å². The van der Waals surface area contributed by atoms with Crippen LogP contribution in [0.1, 0.15) is 37.3 Å². The summed E-state index contributed by atoms with van der Waals surface area (Å²) in [6.45, 7) is 5.33. The van der Waals surface area contributed by atoms with E-state index in [0.29, 0.717) is 22.5 Å². The molecule has 5 heteroatoms. The molecule has 0 aliphatic carbocycles. The molecule has 1 fully saturated rings. The van der Waals surface area contributed by atoms with Gasteiger partial charge in [0.2, 0.25) is 5.91 Å². The summed E-state index contributed by atoms with van der Waals surface area (Å²) in [5.74, 6) is 0.433. The van der Waals surface area contributed by atoms with Crippen LogP contribution in [0, 0.1) is 0 Å². The van der Waals surface area contributed by atoms with Crippen molar-refractivity contribution in [1.82, 2.24) is 4.90 Å². The Bertz CT molecular complexity index is 803. The predicted molar refractivity (Wildman–Crippen MR) is 105 cm³/mol. The first-order valence-corrected chi connectivity index (χ1v) is 9.43. The third-order valence-corrected chi connectivity index (χ3v) is 5.95. The van der Waals surface area contributed by atoms with E-state index in [-0.39, 0.29) is 5.91 Å². The van der Waals surface area contributed by atoms with E-state index in [1.54, 1.807) is 12.1 Å². The van der Waals surface area contributed by atoms with Gasteiger partial charge in [0.05, 0.1) is 15.5 Å². The van der Waals surface area contributed by atoms with Crippen LogP contribution in [0.4, 0.5) is 0 Å². The zero-order valence-electron chi connectivity index (χ0n) is 14.2. The predicted octanol–water partition coefficient (Wildman–Crippen LogP) is 5.94. The molecule has 1 amide bonds. The summed E-state index contributed by atoms with van der Waals surface area (Å²) >= 11 is 18.2. The molecule has 1 heterocycles. The minimum absolute atomic E-state index is 0.107. The van der Waals surface area contributed by atoms with Crippen molar-refractivity contribution >= 4 is 40.7 Å². The molecule has 0 bridgehead atoms. The van der Waals surface area contributed by atoms with Crippen molar-refractivity contribution in [1.29, 1.82) is 0 Å². The summed E-state index contributed by atoms with van der Waals surface area (Å²) in [4.78, 5) is 15.1. The smallest absolute Gasteiger partial charge is 0.232 e. The standard InChI is InChI=1S/C20H20Cl3NO/c1-20(2,15-6-7-17(22)18(23)11-15)19(25)24-9-8-14(12-24)13-4-3-5-16(21)10-13/h3-7,10-11,14H,8-9,12H2,1-2H3. The number of carbonyl (C=O) groups is 1. The Morgan fingerprint density at radius 2 is 1.84 bits per heavy atom. The number of amides is 1. The highest BCUT2D eigenvalue weighted by Crippen LogP contribution is 2.35. The molecule has 2 nitrogen and oxygen atoms in total. The molecule has 2 aromatic carbocycles. The first-order chi connectivity index (χ1) is 11.8. The quantitative estimate of drug-likeness (QED) is 0.628. The highest BCUT2D eigenvalue weighted by Gasteiger charge is 2.37. The van der Waals surface area contributed by atoms with Crippen LogP contribution in [0.3, 0.4) is 0 Å². The SMILES string of the molecule is CC(C)(C(=O)N1CCC(c2cccc(Cl)c2)C1)c1ccc(Cl)c(Cl)c1. The molecule has 2 aromatic rings. The number of halogens is 3. The van der Waals surface area contributed by atoms with Crippen molar-refractivity contribution in [2.45, 2.75) is 31.6 Å². The molecule has 0 radical (unpaired) electrons. The van der Waals surface area contributed by atoms with E-state index in [1.807, 2.05) is 43.0 Å². The largest absolute Gasteiger partial charge is 0.341 e. The van der Waals surface area contributed by atoms with Gasteiger partial charge in [-0.15, -0.1) is 0 Å². The fraction of sp³-hybridized carbons (Fsp3) is 0.350. The molecule has 0 spiro atoms. The van der Waals surface area contributed by atoms with E-state index in [1.165, 1.54) is 5.56 Å². The molecule has 0 saturated carbocycles. The lowest BCUT2D eigenvalue weighted by Gasteiger charge is -2.30. The molecule has 1 saturated heterocycles. The van der Waals surface area contributed by atoms with Gasteiger partial charge in [0.25, 0.3) is 0 Å². The van der Waals surface area contributed by atoms with Gasteiger partial charge in [0.15, 0.2) is 0 Å². The van der Waals surface area contributed by atoms with Crippen molar-refractivity contribution < 1.29 is 4.79 Å². The van der Waals surface area contributed by atoms with Crippen molar-refractivity contribution in [2.75, 3.05) is 13.1 Å². The van der Waals surface area contributed by atoms with Crippen LogP contribution in [-0.2, 0) is 10.2 Å². The maximum Gasteiger partial charge on any atom is 0.232 e. The number of nitrogens with zero attached hydrogens (tertiary/aromatic N) is 1. The van der Waals surface area contributed by atoms with Gasteiger partial charge in [-0.3, -0.25) is 4.79 Å². The normalized spacial score (nSPS) is 17.8. The van der Waals surface area contributed by atoms with Crippen LogP contribution in [0.2, 0.25) is 15.1 Å². The first-order valence-electron chi connectivity index (χ1n) is 8.29. The van der Waals surface area contributed by atoms with Crippen LogP contribution >= 0.6 is 34.8 Å². The van der Waals surface area contributed by atoms with E-state index in [0.717, 1.165) is 23.6 Å². The topological polar surface area (TPSA) is 20.3 Å². The summed E-state index contributed by atoms with van der Waals surface area (Å²) in [5.41, 5.74) is 1.41. The molecule has 1 aliphatic heterocycles. The fourth-order valence-corrected chi connectivity index (χ4v) is 3.88. The van der Waals surface area contributed by atoms with E-state index < -0.39 is 5.41 Å². The monoisotopic (exact) mass is 395 g/mol. The van der Waals surface area contributed by atoms with E-state index in [2.05, 4.69) is 6.07 Å². The lowest BCUT2D eigenvalue weighted by atomic mass is 9.83. The Morgan fingerprint density at radius 3 is 2.52 bits per heavy atom. The second kappa shape index (κ2) is 7.19. The van der Waals surface area contributed by atoms with Gasteiger partial charge in [-0.05, 0) is 55.7 Å². The second-order valence-electron chi connectivity index (χ2n) is 7.05. The van der Waals surface area contributed by atoms with Crippen LogP contribution in [0.5, 0.6) is 0 Å². The number of hydrogen-bond acceptors (Lipinski definition) is 1. The van der Waals surface area contributed by atoms with Gasteiger partial charge in [0.1, 0.15) is 0 Å². The van der Waals surface area contributed by atoms with Crippen molar-refractivity contribution in [3.63, 3.8) is 0 Å². The molecule has 25 heavy (non-hydrogen) atoms. The van der Waals surface area contributed by atoms with Crippen molar-refractivity contribution in [2.24, 2.45) is 0 Å². The highest BCUT2D eigenvalue weighted by molar-refractivity contribution is 6.42. The summed E-state index contributed by atoms with van der Waals surface area (Å²) in [6, 6.07) is 13.3. The van der Waals surface area contributed by atoms with Gasteiger partial charge in [0, 0.05) is 24.0 Å². The summed E-state index contributed by atoms with van der Waals surface area (Å²) in [5, 5.41) is 1.70. The maximum absolute atomic E-state index is 13.1. The maximum atomic E-state index is 13.1. The molecule has 1 aliphatic rings. The Hall–Kier alpha value is -1.22. The first kappa shape index (κ1) is 18.6. The molecule has 1 atom stereocenters. The number of carbonyl (C=O) groups excluding carboxylic acids is 1. The van der Waals surface area contributed by atoms with Gasteiger partial charge in [-0.1, -0.05) is 53.0 Å². The Balaban J connectivity index is 1.77. The summed E-state index contributed by atoms with van der Waals surface area (Å²) in [7, 11) is 0. The minimum atomic E-state index is -0.655. The number of rotatable bonds is 3. The van der Waals surface area contributed by atoms with Crippen LogP contribution < -0.4 is 0 Å². The van der Waals surface area contributed by atoms with Crippen molar-refractivity contribution in [3.05, 3.63) is 68.7 Å². The van der Waals surface area contributed by atoms with E-state index >= 15 is 0 Å².